The van der Waals surface area contributed by atoms with Gasteiger partial charge in [-0.25, -0.2) is 0 Å². The van der Waals surface area contributed by atoms with Gasteiger partial charge in [0.15, 0.2) is 0 Å². The Labute approximate surface area is 125 Å². The molecule has 0 amide bonds. The molecule has 1 fully saturated rings. The molecule has 1 N–H and O–H groups in total. The summed E-state index contributed by atoms with van der Waals surface area (Å²) in [5.41, 5.74) is 1.81. The number of rotatable bonds is 4. The highest BCUT2D eigenvalue weighted by molar-refractivity contribution is 9.10. The molecule has 1 heterocycles. The minimum absolute atomic E-state index is 0. The molecule has 1 aliphatic heterocycles. The summed E-state index contributed by atoms with van der Waals surface area (Å²) in [7, 11) is 2.21. The summed E-state index contributed by atoms with van der Waals surface area (Å²) in [5.74, 6) is 0. The summed E-state index contributed by atoms with van der Waals surface area (Å²) in [6, 6.07) is 8.47. The summed E-state index contributed by atoms with van der Waals surface area (Å²) in [5, 5.41) is 3.46. The van der Waals surface area contributed by atoms with E-state index in [1.54, 1.807) is 0 Å². The maximum absolute atomic E-state index is 3.61. The first kappa shape index (κ1) is 16.0. The van der Waals surface area contributed by atoms with Gasteiger partial charge in [0.25, 0.3) is 0 Å². The van der Waals surface area contributed by atoms with Gasteiger partial charge in [-0.05, 0) is 37.1 Å². The van der Waals surface area contributed by atoms with Gasteiger partial charge in [-0.1, -0.05) is 41.1 Å². The van der Waals surface area contributed by atoms with Crippen LogP contribution < -0.4 is 5.32 Å². The molecule has 18 heavy (non-hydrogen) atoms. The van der Waals surface area contributed by atoms with Crippen molar-refractivity contribution >= 4 is 28.3 Å². The topological polar surface area (TPSA) is 15.3 Å². The predicted molar refractivity (Wildman–Crippen MR) is 83.3 cm³/mol. The van der Waals surface area contributed by atoms with E-state index in [9.17, 15) is 0 Å². The van der Waals surface area contributed by atoms with Crippen molar-refractivity contribution < 1.29 is 0 Å². The number of hydrogen-bond donors (Lipinski definition) is 1. The molecular formula is C14H22BrClN2. The SMILES string of the molecule is CN(Cc1ccccc1Br)CC1(C)CCNC1.Cl. The van der Waals surface area contributed by atoms with Crippen LogP contribution >= 0.6 is 28.3 Å². The van der Waals surface area contributed by atoms with Gasteiger partial charge in [-0.3, -0.25) is 0 Å². The van der Waals surface area contributed by atoms with Crippen LogP contribution in [0, 0.1) is 5.41 Å². The van der Waals surface area contributed by atoms with Gasteiger partial charge in [-0.2, -0.15) is 0 Å². The largest absolute Gasteiger partial charge is 0.316 e. The molecule has 0 spiro atoms. The third-order valence-corrected chi connectivity index (χ3v) is 4.28. The normalized spacial score (nSPS) is 23.1. The molecule has 1 unspecified atom stereocenters. The maximum Gasteiger partial charge on any atom is 0.0242 e. The summed E-state index contributed by atoms with van der Waals surface area (Å²) >= 11 is 3.61. The van der Waals surface area contributed by atoms with E-state index >= 15 is 0 Å². The van der Waals surface area contributed by atoms with Crippen LogP contribution in [-0.2, 0) is 6.54 Å². The van der Waals surface area contributed by atoms with E-state index in [0.717, 1.165) is 19.6 Å². The molecule has 1 aliphatic rings. The monoisotopic (exact) mass is 332 g/mol. The Hall–Kier alpha value is -0.0900. The van der Waals surface area contributed by atoms with Gasteiger partial charge in [0.1, 0.15) is 0 Å². The lowest BCUT2D eigenvalue weighted by Crippen LogP contribution is -2.34. The average molecular weight is 334 g/mol. The molecule has 0 bridgehead atoms. The zero-order chi connectivity index (χ0) is 12.3. The van der Waals surface area contributed by atoms with Crippen LogP contribution in [0.25, 0.3) is 0 Å². The minimum atomic E-state index is 0. The predicted octanol–water partition coefficient (Wildman–Crippen LogP) is 3.30. The Morgan fingerprint density at radius 1 is 1.39 bits per heavy atom. The highest BCUT2D eigenvalue weighted by Crippen LogP contribution is 2.26. The van der Waals surface area contributed by atoms with E-state index in [-0.39, 0.29) is 12.4 Å². The Balaban J connectivity index is 0.00000162. The first-order valence-electron chi connectivity index (χ1n) is 6.22. The van der Waals surface area contributed by atoms with Crippen LogP contribution in [0.4, 0.5) is 0 Å². The minimum Gasteiger partial charge on any atom is -0.316 e. The number of hydrogen-bond acceptors (Lipinski definition) is 2. The zero-order valence-electron chi connectivity index (χ0n) is 11.1. The van der Waals surface area contributed by atoms with Crippen LogP contribution in [-0.4, -0.2) is 31.6 Å². The number of halogens is 2. The molecule has 2 rings (SSSR count). The van der Waals surface area contributed by atoms with E-state index in [1.807, 2.05) is 0 Å². The standard InChI is InChI=1S/C14H21BrN2.ClH/c1-14(7-8-16-10-14)11-17(2)9-12-5-3-4-6-13(12)15;/h3-6,16H,7-11H2,1-2H3;1H. The van der Waals surface area contributed by atoms with Crippen molar-refractivity contribution in [1.29, 1.82) is 0 Å². The van der Waals surface area contributed by atoms with Crippen LogP contribution in [0.5, 0.6) is 0 Å². The Morgan fingerprint density at radius 3 is 2.72 bits per heavy atom. The number of benzene rings is 1. The second-order valence-corrected chi connectivity index (χ2v) is 6.36. The van der Waals surface area contributed by atoms with Crippen molar-refractivity contribution in [2.75, 3.05) is 26.7 Å². The smallest absolute Gasteiger partial charge is 0.0242 e. The molecule has 102 valence electrons. The highest BCUT2D eigenvalue weighted by Gasteiger charge is 2.29. The van der Waals surface area contributed by atoms with Gasteiger partial charge < -0.3 is 10.2 Å². The van der Waals surface area contributed by atoms with Gasteiger partial charge in [-0.15, -0.1) is 12.4 Å². The van der Waals surface area contributed by atoms with Crippen molar-refractivity contribution in [2.24, 2.45) is 5.41 Å². The molecule has 1 atom stereocenters. The van der Waals surface area contributed by atoms with Crippen molar-refractivity contribution in [3.63, 3.8) is 0 Å². The molecule has 0 aromatic heterocycles. The van der Waals surface area contributed by atoms with Crippen LogP contribution in [0.15, 0.2) is 28.7 Å². The van der Waals surface area contributed by atoms with Gasteiger partial charge in [0.05, 0.1) is 0 Å². The second-order valence-electron chi connectivity index (χ2n) is 5.50. The second kappa shape index (κ2) is 6.90. The van der Waals surface area contributed by atoms with E-state index < -0.39 is 0 Å². The van der Waals surface area contributed by atoms with Crippen molar-refractivity contribution in [1.82, 2.24) is 10.2 Å². The van der Waals surface area contributed by atoms with Gasteiger partial charge in [0.2, 0.25) is 0 Å². The van der Waals surface area contributed by atoms with E-state index in [4.69, 9.17) is 0 Å². The lowest BCUT2D eigenvalue weighted by Gasteiger charge is -2.29. The number of nitrogens with zero attached hydrogens (tertiary/aromatic N) is 1. The van der Waals surface area contributed by atoms with Gasteiger partial charge in [0, 0.05) is 24.1 Å². The van der Waals surface area contributed by atoms with Crippen LogP contribution in [0.3, 0.4) is 0 Å². The molecule has 1 saturated heterocycles. The lowest BCUT2D eigenvalue weighted by molar-refractivity contribution is 0.203. The average Bonchev–Trinajstić information content (AvgIpc) is 2.68. The molecule has 1 aromatic carbocycles. The summed E-state index contributed by atoms with van der Waals surface area (Å²) < 4.78 is 1.21. The molecular weight excluding hydrogens is 312 g/mol. The van der Waals surface area contributed by atoms with Crippen LogP contribution in [0.1, 0.15) is 18.9 Å². The quantitative estimate of drug-likeness (QED) is 0.909. The molecule has 0 aliphatic carbocycles. The third-order valence-electron chi connectivity index (χ3n) is 3.51. The van der Waals surface area contributed by atoms with Crippen molar-refractivity contribution in [3.05, 3.63) is 34.3 Å². The van der Waals surface area contributed by atoms with E-state index in [1.165, 1.54) is 23.0 Å². The van der Waals surface area contributed by atoms with E-state index in [0.29, 0.717) is 5.41 Å². The first-order valence-corrected chi connectivity index (χ1v) is 7.01. The van der Waals surface area contributed by atoms with Gasteiger partial charge >= 0.3 is 0 Å². The molecule has 4 heteroatoms. The third kappa shape index (κ3) is 4.23. The zero-order valence-corrected chi connectivity index (χ0v) is 13.5. The van der Waals surface area contributed by atoms with Crippen LogP contribution in [0.2, 0.25) is 0 Å². The fourth-order valence-corrected chi connectivity index (χ4v) is 3.04. The van der Waals surface area contributed by atoms with Crippen molar-refractivity contribution in [3.8, 4) is 0 Å². The summed E-state index contributed by atoms with van der Waals surface area (Å²) in [4.78, 5) is 2.42. The fourth-order valence-electron chi connectivity index (χ4n) is 2.63. The molecule has 1 aromatic rings. The Morgan fingerprint density at radius 2 is 2.11 bits per heavy atom. The Bertz CT molecular complexity index is 378. The summed E-state index contributed by atoms with van der Waals surface area (Å²) in [6.07, 6.45) is 1.29. The maximum atomic E-state index is 3.61. The Kier molecular flexibility index (Phi) is 6.12. The molecule has 2 nitrogen and oxygen atoms in total. The lowest BCUT2D eigenvalue weighted by atomic mass is 9.89. The van der Waals surface area contributed by atoms with Crippen molar-refractivity contribution in [2.45, 2.75) is 19.9 Å². The first-order chi connectivity index (χ1) is 8.09. The molecule has 0 saturated carbocycles. The molecule has 0 radical (unpaired) electrons. The summed E-state index contributed by atoms with van der Waals surface area (Å²) in [6.45, 7) is 6.86. The van der Waals surface area contributed by atoms with E-state index in [2.05, 4.69) is 64.4 Å². The highest BCUT2D eigenvalue weighted by atomic mass is 79.9. The number of nitrogens with one attached hydrogen (secondary N) is 1. The fraction of sp³-hybridized carbons (Fsp3) is 0.571.